The minimum atomic E-state index is -0.447. The molecule has 4 rings (SSSR count). The third-order valence-electron chi connectivity index (χ3n) is 5.30. The first-order valence-corrected chi connectivity index (χ1v) is 10.2. The lowest BCUT2D eigenvalue weighted by Gasteiger charge is -2.34. The summed E-state index contributed by atoms with van der Waals surface area (Å²) in [5, 5.41) is 3.56. The molecule has 142 valence electrons. The molecule has 3 amide bonds. The molecule has 1 aliphatic carbocycles. The number of thiophene rings is 1. The van der Waals surface area contributed by atoms with Gasteiger partial charge < -0.3 is 10.6 Å². The van der Waals surface area contributed by atoms with Gasteiger partial charge in [0.2, 0.25) is 0 Å². The molecule has 7 heteroatoms. The smallest absolute Gasteiger partial charge is 0.322 e. The van der Waals surface area contributed by atoms with Crippen LogP contribution in [-0.2, 0) is 19.4 Å². The van der Waals surface area contributed by atoms with E-state index in [1.807, 2.05) is 23.1 Å². The Kier molecular flexibility index (Phi) is 5.13. The summed E-state index contributed by atoms with van der Waals surface area (Å²) in [5.74, 6) is -0.447. The Morgan fingerprint density at radius 2 is 1.81 bits per heavy atom. The molecular weight excluding hydrogens is 360 g/mol. The van der Waals surface area contributed by atoms with Crippen LogP contribution in [0.3, 0.4) is 0 Å². The number of aryl methyl sites for hydroxylation is 1. The number of carbonyl (C=O) groups is 2. The number of amides is 3. The number of urea groups is 1. The minimum absolute atomic E-state index is 0.142. The summed E-state index contributed by atoms with van der Waals surface area (Å²) in [6.45, 7) is 3.93. The van der Waals surface area contributed by atoms with Crippen molar-refractivity contribution in [2.75, 3.05) is 31.5 Å². The van der Waals surface area contributed by atoms with E-state index in [4.69, 9.17) is 5.73 Å². The lowest BCUT2D eigenvalue weighted by molar-refractivity contribution is 0.100. The number of piperazine rings is 1. The third-order valence-corrected chi connectivity index (χ3v) is 6.50. The molecule has 2 aliphatic rings. The summed E-state index contributed by atoms with van der Waals surface area (Å²) in [7, 11) is 0. The van der Waals surface area contributed by atoms with Gasteiger partial charge in [0, 0.05) is 37.6 Å². The zero-order valence-electron chi connectivity index (χ0n) is 15.2. The second-order valence-electron chi connectivity index (χ2n) is 7.10. The maximum absolute atomic E-state index is 12.7. The van der Waals surface area contributed by atoms with Gasteiger partial charge >= 0.3 is 6.03 Å². The van der Waals surface area contributed by atoms with E-state index in [0.717, 1.165) is 44.5 Å². The molecule has 1 saturated heterocycles. The van der Waals surface area contributed by atoms with Crippen molar-refractivity contribution >= 4 is 28.3 Å². The fraction of sp³-hybridized carbons (Fsp3) is 0.400. The second kappa shape index (κ2) is 7.70. The molecule has 1 aromatic heterocycles. The highest BCUT2D eigenvalue weighted by Gasteiger charge is 2.28. The van der Waals surface area contributed by atoms with Gasteiger partial charge in [-0.15, -0.1) is 11.3 Å². The summed E-state index contributed by atoms with van der Waals surface area (Å²) in [5.41, 5.74) is 8.42. The molecule has 0 radical (unpaired) electrons. The van der Waals surface area contributed by atoms with Gasteiger partial charge in [-0.2, -0.15) is 0 Å². The van der Waals surface area contributed by atoms with Gasteiger partial charge in [-0.05, 0) is 30.4 Å². The SMILES string of the molecule is NC(=O)c1c(NC(=O)N2CCN(Cc3ccccc3)CC2)sc2c1CCC2. The van der Waals surface area contributed by atoms with Crippen molar-refractivity contribution in [3.63, 3.8) is 0 Å². The highest BCUT2D eigenvalue weighted by molar-refractivity contribution is 7.17. The fourth-order valence-corrected chi connectivity index (χ4v) is 5.16. The normalized spacial score (nSPS) is 17.0. The number of rotatable bonds is 4. The average Bonchev–Trinajstić information content (AvgIpc) is 3.23. The van der Waals surface area contributed by atoms with E-state index < -0.39 is 5.91 Å². The van der Waals surface area contributed by atoms with Crippen LogP contribution in [0.1, 0.15) is 32.8 Å². The Bertz CT molecular complexity index is 841. The van der Waals surface area contributed by atoms with E-state index in [9.17, 15) is 9.59 Å². The highest BCUT2D eigenvalue weighted by atomic mass is 32.1. The van der Waals surface area contributed by atoms with Crippen molar-refractivity contribution < 1.29 is 9.59 Å². The Hall–Kier alpha value is -2.38. The molecule has 1 aliphatic heterocycles. The molecule has 0 atom stereocenters. The number of nitrogens with zero attached hydrogens (tertiary/aromatic N) is 2. The van der Waals surface area contributed by atoms with Crippen LogP contribution in [0.4, 0.5) is 9.80 Å². The van der Waals surface area contributed by atoms with Crippen molar-refractivity contribution in [2.24, 2.45) is 5.73 Å². The van der Waals surface area contributed by atoms with Gasteiger partial charge in [0.25, 0.3) is 5.91 Å². The van der Waals surface area contributed by atoms with Gasteiger partial charge in [-0.1, -0.05) is 30.3 Å². The summed E-state index contributed by atoms with van der Waals surface area (Å²) >= 11 is 1.50. The lowest BCUT2D eigenvalue weighted by atomic mass is 10.1. The Morgan fingerprint density at radius 3 is 2.52 bits per heavy atom. The molecule has 0 saturated carbocycles. The standard InChI is InChI=1S/C20H24N4O2S/c21-18(25)17-15-7-4-8-16(15)27-19(17)22-20(26)24-11-9-23(10-12-24)13-14-5-2-1-3-6-14/h1-3,5-6H,4,7-13H2,(H2,21,25)(H,22,26). The number of hydrogen-bond donors (Lipinski definition) is 2. The fourth-order valence-electron chi connectivity index (χ4n) is 3.88. The van der Waals surface area contributed by atoms with Crippen LogP contribution >= 0.6 is 11.3 Å². The van der Waals surface area contributed by atoms with Gasteiger partial charge in [0.15, 0.2) is 0 Å². The zero-order chi connectivity index (χ0) is 18.8. The van der Waals surface area contributed by atoms with Crippen LogP contribution in [0, 0.1) is 0 Å². The van der Waals surface area contributed by atoms with Crippen LogP contribution in [-0.4, -0.2) is 47.9 Å². The van der Waals surface area contributed by atoms with E-state index in [2.05, 4.69) is 22.3 Å². The first kappa shape index (κ1) is 18.0. The number of hydrogen-bond acceptors (Lipinski definition) is 4. The van der Waals surface area contributed by atoms with Gasteiger partial charge in [0.1, 0.15) is 5.00 Å². The number of carbonyl (C=O) groups excluding carboxylic acids is 2. The number of anilines is 1. The van der Waals surface area contributed by atoms with Crippen LogP contribution < -0.4 is 11.1 Å². The average molecular weight is 385 g/mol. The molecule has 0 spiro atoms. The molecule has 3 N–H and O–H groups in total. The second-order valence-corrected chi connectivity index (χ2v) is 8.21. The number of benzene rings is 1. The molecule has 6 nitrogen and oxygen atoms in total. The van der Waals surface area contributed by atoms with Crippen LogP contribution in [0.15, 0.2) is 30.3 Å². The molecule has 1 aromatic carbocycles. The van der Waals surface area contributed by atoms with Gasteiger partial charge in [-0.3, -0.25) is 15.0 Å². The molecule has 2 aromatic rings. The van der Waals surface area contributed by atoms with Crippen molar-refractivity contribution in [2.45, 2.75) is 25.8 Å². The van der Waals surface area contributed by atoms with Crippen LogP contribution in [0.2, 0.25) is 0 Å². The summed E-state index contributed by atoms with van der Waals surface area (Å²) < 4.78 is 0. The van der Waals surface area contributed by atoms with Crippen molar-refractivity contribution in [1.29, 1.82) is 0 Å². The largest absolute Gasteiger partial charge is 0.365 e. The topological polar surface area (TPSA) is 78.7 Å². The lowest BCUT2D eigenvalue weighted by Crippen LogP contribution is -2.49. The van der Waals surface area contributed by atoms with E-state index in [-0.39, 0.29) is 6.03 Å². The summed E-state index contributed by atoms with van der Waals surface area (Å²) in [6, 6.07) is 10.2. The Balaban J connectivity index is 1.36. The van der Waals surface area contributed by atoms with Crippen molar-refractivity contribution in [1.82, 2.24) is 9.80 Å². The Labute approximate surface area is 162 Å². The van der Waals surface area contributed by atoms with E-state index in [1.165, 1.54) is 21.8 Å². The van der Waals surface area contributed by atoms with Crippen LogP contribution in [0.25, 0.3) is 0 Å². The number of nitrogens with one attached hydrogen (secondary N) is 1. The zero-order valence-corrected chi connectivity index (χ0v) is 16.1. The van der Waals surface area contributed by atoms with Crippen molar-refractivity contribution in [3.8, 4) is 0 Å². The summed E-state index contributed by atoms with van der Waals surface area (Å²) in [4.78, 5) is 29.9. The predicted molar refractivity (Wildman–Crippen MR) is 107 cm³/mol. The predicted octanol–water partition coefficient (Wildman–Crippen LogP) is 2.69. The molecule has 0 unspecified atom stereocenters. The van der Waals surface area contributed by atoms with Gasteiger partial charge in [-0.25, -0.2) is 4.79 Å². The molecule has 27 heavy (non-hydrogen) atoms. The highest BCUT2D eigenvalue weighted by Crippen LogP contribution is 2.38. The summed E-state index contributed by atoms with van der Waals surface area (Å²) in [6.07, 6.45) is 2.89. The molecule has 1 fully saturated rings. The molecule has 0 bridgehead atoms. The number of primary amides is 1. The van der Waals surface area contributed by atoms with Gasteiger partial charge in [0.05, 0.1) is 5.56 Å². The quantitative estimate of drug-likeness (QED) is 0.851. The van der Waals surface area contributed by atoms with E-state index >= 15 is 0 Å². The minimum Gasteiger partial charge on any atom is -0.365 e. The first-order valence-electron chi connectivity index (χ1n) is 9.38. The van der Waals surface area contributed by atoms with E-state index in [1.54, 1.807) is 0 Å². The third kappa shape index (κ3) is 3.84. The monoisotopic (exact) mass is 384 g/mol. The first-order chi connectivity index (χ1) is 13.1. The number of fused-ring (bicyclic) bond motifs is 1. The number of nitrogens with two attached hydrogens (primary N) is 1. The molecular formula is C20H24N4O2S. The molecule has 2 heterocycles. The Morgan fingerprint density at radius 1 is 1.07 bits per heavy atom. The maximum Gasteiger partial charge on any atom is 0.322 e. The van der Waals surface area contributed by atoms with Crippen LogP contribution in [0.5, 0.6) is 0 Å². The maximum atomic E-state index is 12.7. The van der Waals surface area contributed by atoms with E-state index in [0.29, 0.717) is 23.7 Å². The van der Waals surface area contributed by atoms with Crippen molar-refractivity contribution in [3.05, 3.63) is 51.9 Å².